The highest BCUT2D eigenvalue weighted by molar-refractivity contribution is 5.73. The van der Waals surface area contributed by atoms with Crippen molar-refractivity contribution in [3.63, 3.8) is 0 Å². The summed E-state index contributed by atoms with van der Waals surface area (Å²) in [5.74, 6) is 1.46. The molecule has 0 unspecified atom stereocenters. The summed E-state index contributed by atoms with van der Waals surface area (Å²) >= 11 is 0. The fraction of sp³-hybridized carbons (Fsp3) is 0.500. The third-order valence-corrected chi connectivity index (χ3v) is 4.29. The fourth-order valence-electron chi connectivity index (χ4n) is 2.94. The van der Waals surface area contributed by atoms with E-state index in [2.05, 4.69) is 38.7 Å². The van der Waals surface area contributed by atoms with Crippen LogP contribution in [0.2, 0.25) is 0 Å². The van der Waals surface area contributed by atoms with Gasteiger partial charge in [0, 0.05) is 5.56 Å². The molecule has 1 aromatic heterocycles. The van der Waals surface area contributed by atoms with Crippen LogP contribution in [-0.2, 0) is 0 Å². The molecule has 0 aliphatic carbocycles. The molecule has 4 heteroatoms. The molecule has 0 aliphatic rings. The monoisotopic (exact) mass is 328 g/mol. The van der Waals surface area contributed by atoms with Crippen LogP contribution in [0.3, 0.4) is 0 Å². The lowest BCUT2D eigenvalue weighted by atomic mass is 10.00. The summed E-state index contributed by atoms with van der Waals surface area (Å²) in [6, 6.07) is 4.18. The molecule has 0 amide bonds. The molecule has 24 heavy (non-hydrogen) atoms. The first-order valence-electron chi connectivity index (χ1n) is 8.58. The third-order valence-electron chi connectivity index (χ3n) is 4.29. The predicted octanol–water partition coefficient (Wildman–Crippen LogP) is 4.95. The van der Waals surface area contributed by atoms with Crippen LogP contribution in [-0.4, -0.2) is 23.2 Å². The normalized spacial score (nSPS) is 11.0. The lowest BCUT2D eigenvalue weighted by Crippen LogP contribution is -2.16. The van der Waals surface area contributed by atoms with Gasteiger partial charge in [0.05, 0.1) is 24.6 Å². The van der Waals surface area contributed by atoms with Crippen LogP contribution in [0.25, 0.3) is 11.3 Å². The zero-order valence-electron chi connectivity index (χ0n) is 15.9. The van der Waals surface area contributed by atoms with E-state index in [1.807, 2.05) is 19.9 Å². The van der Waals surface area contributed by atoms with Crippen LogP contribution < -0.4 is 9.47 Å². The van der Waals surface area contributed by atoms with Crippen LogP contribution in [0.5, 0.6) is 11.6 Å². The molecule has 2 aromatic rings. The van der Waals surface area contributed by atoms with E-state index in [-0.39, 0.29) is 6.10 Å². The minimum absolute atomic E-state index is 0.180. The Bertz CT molecular complexity index is 722. The number of hydrogen-bond donors (Lipinski definition) is 0. The predicted molar refractivity (Wildman–Crippen MR) is 98.0 cm³/mol. The zero-order valence-corrected chi connectivity index (χ0v) is 15.9. The number of rotatable bonds is 6. The van der Waals surface area contributed by atoms with E-state index in [1.165, 1.54) is 5.56 Å². The van der Waals surface area contributed by atoms with E-state index in [0.29, 0.717) is 5.88 Å². The second kappa shape index (κ2) is 7.65. The highest BCUT2D eigenvalue weighted by Gasteiger charge is 2.18. The first-order valence-corrected chi connectivity index (χ1v) is 8.58. The standard InChI is InChI=1S/C20H28N2O2/c1-8-16(9-2)24-20-15(6)21-19(14(5)22-20)18-13(4)10-12(3)11-17(18)23-7/h10-11,16H,8-9H2,1-7H3. The maximum atomic E-state index is 6.02. The van der Waals surface area contributed by atoms with Gasteiger partial charge in [-0.15, -0.1) is 0 Å². The molecule has 0 radical (unpaired) electrons. The smallest absolute Gasteiger partial charge is 0.235 e. The zero-order chi connectivity index (χ0) is 17.9. The number of hydrogen-bond acceptors (Lipinski definition) is 4. The molecule has 0 spiro atoms. The van der Waals surface area contributed by atoms with Crippen molar-refractivity contribution in [3.05, 3.63) is 34.6 Å². The van der Waals surface area contributed by atoms with Gasteiger partial charge in [-0.3, -0.25) is 0 Å². The van der Waals surface area contributed by atoms with Gasteiger partial charge in [0.25, 0.3) is 0 Å². The molecule has 1 heterocycles. The summed E-state index contributed by atoms with van der Waals surface area (Å²) in [6.45, 7) is 12.3. The summed E-state index contributed by atoms with van der Waals surface area (Å²) < 4.78 is 11.6. The van der Waals surface area contributed by atoms with Crippen molar-refractivity contribution in [3.8, 4) is 22.9 Å². The maximum Gasteiger partial charge on any atom is 0.235 e. The molecule has 1 aromatic carbocycles. The number of aromatic nitrogens is 2. The Morgan fingerprint density at radius 2 is 1.62 bits per heavy atom. The minimum atomic E-state index is 0.180. The Morgan fingerprint density at radius 1 is 0.958 bits per heavy atom. The molecule has 0 saturated heterocycles. The van der Waals surface area contributed by atoms with Crippen LogP contribution in [0.4, 0.5) is 0 Å². The quantitative estimate of drug-likeness (QED) is 0.752. The summed E-state index contributed by atoms with van der Waals surface area (Å²) in [4.78, 5) is 9.48. The number of aryl methyl sites for hydroxylation is 4. The first-order chi connectivity index (χ1) is 11.4. The van der Waals surface area contributed by atoms with E-state index in [1.54, 1.807) is 7.11 Å². The summed E-state index contributed by atoms with van der Waals surface area (Å²) in [5, 5.41) is 0. The molecule has 0 atom stereocenters. The van der Waals surface area contributed by atoms with Gasteiger partial charge >= 0.3 is 0 Å². The Balaban J connectivity index is 2.53. The number of benzene rings is 1. The Labute approximate surface area is 145 Å². The molecule has 0 N–H and O–H groups in total. The molecule has 2 rings (SSSR count). The van der Waals surface area contributed by atoms with Gasteiger partial charge in [0.15, 0.2) is 0 Å². The van der Waals surface area contributed by atoms with Crippen LogP contribution >= 0.6 is 0 Å². The van der Waals surface area contributed by atoms with E-state index in [4.69, 9.17) is 14.5 Å². The van der Waals surface area contributed by atoms with Crippen molar-refractivity contribution < 1.29 is 9.47 Å². The molecule has 4 nitrogen and oxygen atoms in total. The van der Waals surface area contributed by atoms with Crippen LogP contribution in [0.1, 0.15) is 49.2 Å². The molecular weight excluding hydrogens is 300 g/mol. The first kappa shape index (κ1) is 18.2. The van der Waals surface area contributed by atoms with Crippen molar-refractivity contribution in [2.75, 3.05) is 7.11 Å². The molecule has 0 bridgehead atoms. The van der Waals surface area contributed by atoms with Crippen molar-refractivity contribution in [1.29, 1.82) is 0 Å². The minimum Gasteiger partial charge on any atom is -0.496 e. The third kappa shape index (κ3) is 3.69. The lowest BCUT2D eigenvalue weighted by molar-refractivity contribution is 0.182. The molecule has 0 fully saturated rings. The average Bonchev–Trinajstić information content (AvgIpc) is 2.55. The van der Waals surface area contributed by atoms with Crippen molar-refractivity contribution in [2.24, 2.45) is 0 Å². The fourth-order valence-corrected chi connectivity index (χ4v) is 2.94. The molecule has 130 valence electrons. The second-order valence-electron chi connectivity index (χ2n) is 6.26. The van der Waals surface area contributed by atoms with Gasteiger partial charge in [-0.2, -0.15) is 0 Å². The summed E-state index contributed by atoms with van der Waals surface area (Å²) in [7, 11) is 1.69. The lowest BCUT2D eigenvalue weighted by Gasteiger charge is -2.19. The van der Waals surface area contributed by atoms with Gasteiger partial charge in [0.2, 0.25) is 5.88 Å². The van der Waals surface area contributed by atoms with Crippen molar-refractivity contribution in [1.82, 2.24) is 9.97 Å². The largest absolute Gasteiger partial charge is 0.496 e. The SMILES string of the molecule is CCC(CC)Oc1nc(C)c(-c2c(C)cc(C)cc2OC)nc1C. The topological polar surface area (TPSA) is 44.2 Å². The van der Waals surface area contributed by atoms with Gasteiger partial charge in [-0.05, 0) is 57.7 Å². The van der Waals surface area contributed by atoms with Crippen molar-refractivity contribution >= 4 is 0 Å². The Morgan fingerprint density at radius 3 is 2.21 bits per heavy atom. The molecule has 0 aliphatic heterocycles. The van der Waals surface area contributed by atoms with Gasteiger partial charge < -0.3 is 9.47 Å². The number of methoxy groups -OCH3 is 1. The average molecular weight is 328 g/mol. The van der Waals surface area contributed by atoms with Crippen LogP contribution in [0, 0.1) is 27.7 Å². The van der Waals surface area contributed by atoms with E-state index in [9.17, 15) is 0 Å². The van der Waals surface area contributed by atoms with Gasteiger partial charge in [-0.1, -0.05) is 19.9 Å². The number of nitrogens with zero attached hydrogens (tertiary/aromatic N) is 2. The Kier molecular flexibility index (Phi) is 5.81. The summed E-state index contributed by atoms with van der Waals surface area (Å²) in [5.41, 5.74) is 5.83. The summed E-state index contributed by atoms with van der Waals surface area (Å²) in [6.07, 6.45) is 2.10. The maximum absolute atomic E-state index is 6.02. The number of ether oxygens (including phenoxy) is 2. The molecule has 0 saturated carbocycles. The van der Waals surface area contributed by atoms with Gasteiger partial charge in [0.1, 0.15) is 11.4 Å². The highest BCUT2D eigenvalue weighted by Crippen LogP contribution is 2.35. The van der Waals surface area contributed by atoms with Gasteiger partial charge in [-0.25, -0.2) is 9.97 Å². The van der Waals surface area contributed by atoms with E-state index < -0.39 is 0 Å². The molecular formula is C20H28N2O2. The van der Waals surface area contributed by atoms with Crippen LogP contribution in [0.15, 0.2) is 12.1 Å². The van der Waals surface area contributed by atoms with E-state index >= 15 is 0 Å². The second-order valence-corrected chi connectivity index (χ2v) is 6.26. The highest BCUT2D eigenvalue weighted by atomic mass is 16.5. The van der Waals surface area contributed by atoms with Crippen molar-refractivity contribution in [2.45, 2.75) is 60.5 Å². The Hall–Kier alpha value is -2.10. The van der Waals surface area contributed by atoms with E-state index in [0.717, 1.165) is 46.8 Å².